The van der Waals surface area contributed by atoms with Gasteiger partial charge < -0.3 is 15.2 Å². The number of pyridine rings is 1. The molecule has 2 heterocycles. The number of nitrogens with zero attached hydrogens (tertiary/aromatic N) is 2. The Morgan fingerprint density at radius 1 is 1.06 bits per heavy atom. The standard InChI is InChI=1S/C25H30N4O4S/c1-28(18-19-8-4-2-5-9-19)15-12-26-25(31)22-17-24(30)27-23-11-10-20(16-21(22)23)34(32,33)29-13-6-3-7-14-29/h2,4-5,8-11,16-17H,3,6-7,12-15,18H2,1H3,(H,26,31)(H,27,30). The molecule has 1 saturated heterocycles. The molecule has 0 unspecified atom stereocenters. The normalized spacial score (nSPS) is 15.0. The fraction of sp³-hybridized carbons (Fsp3) is 0.360. The summed E-state index contributed by atoms with van der Waals surface area (Å²) in [7, 11) is -1.69. The lowest BCUT2D eigenvalue weighted by Gasteiger charge is -2.26. The Bertz CT molecular complexity index is 1320. The number of sulfonamides is 1. The van der Waals surface area contributed by atoms with Crippen molar-refractivity contribution >= 4 is 26.8 Å². The molecule has 0 saturated carbocycles. The molecule has 1 aromatic heterocycles. The third-order valence-corrected chi connectivity index (χ3v) is 7.98. The van der Waals surface area contributed by atoms with Gasteiger partial charge in [0.05, 0.1) is 10.5 Å². The number of carbonyl (C=O) groups is 1. The first kappa shape index (κ1) is 24.1. The third kappa shape index (κ3) is 5.55. The number of likely N-dealkylation sites (N-methyl/N-ethyl adjacent to an activating group) is 1. The zero-order valence-electron chi connectivity index (χ0n) is 19.3. The quantitative estimate of drug-likeness (QED) is 0.514. The number of piperidine rings is 1. The van der Waals surface area contributed by atoms with Gasteiger partial charge in [0.1, 0.15) is 0 Å². The van der Waals surface area contributed by atoms with Gasteiger partial charge in [-0.1, -0.05) is 36.8 Å². The van der Waals surface area contributed by atoms with Crippen molar-refractivity contribution in [3.63, 3.8) is 0 Å². The number of hydrogen-bond donors (Lipinski definition) is 2. The molecule has 3 aromatic rings. The van der Waals surface area contributed by atoms with Crippen LogP contribution >= 0.6 is 0 Å². The van der Waals surface area contributed by atoms with Crippen molar-refractivity contribution in [2.75, 3.05) is 33.2 Å². The van der Waals surface area contributed by atoms with Crippen LogP contribution in [0.15, 0.2) is 64.3 Å². The lowest BCUT2D eigenvalue weighted by atomic mass is 10.1. The SMILES string of the molecule is CN(CCNC(=O)c1cc(=O)[nH]c2ccc(S(=O)(=O)N3CCCCC3)cc12)Cc1ccccc1. The van der Waals surface area contributed by atoms with Crippen LogP contribution in [-0.2, 0) is 16.6 Å². The molecule has 9 heteroatoms. The van der Waals surface area contributed by atoms with Crippen molar-refractivity contribution < 1.29 is 13.2 Å². The van der Waals surface area contributed by atoms with E-state index in [0.29, 0.717) is 37.1 Å². The Morgan fingerprint density at radius 3 is 2.53 bits per heavy atom. The van der Waals surface area contributed by atoms with E-state index in [1.807, 2.05) is 37.4 Å². The molecule has 0 radical (unpaired) electrons. The largest absolute Gasteiger partial charge is 0.351 e. The molecule has 4 rings (SSSR count). The van der Waals surface area contributed by atoms with E-state index < -0.39 is 21.5 Å². The molecule has 1 fully saturated rings. The fourth-order valence-corrected chi connectivity index (χ4v) is 5.81. The minimum absolute atomic E-state index is 0.130. The van der Waals surface area contributed by atoms with Gasteiger partial charge in [-0.2, -0.15) is 4.31 Å². The lowest BCUT2D eigenvalue weighted by Crippen LogP contribution is -2.35. The number of rotatable bonds is 8. The molecule has 2 aromatic carbocycles. The number of fused-ring (bicyclic) bond motifs is 1. The van der Waals surface area contributed by atoms with Crippen LogP contribution in [0.3, 0.4) is 0 Å². The molecule has 180 valence electrons. The van der Waals surface area contributed by atoms with Crippen molar-refractivity contribution in [2.24, 2.45) is 0 Å². The first-order chi connectivity index (χ1) is 16.3. The molecular weight excluding hydrogens is 452 g/mol. The highest BCUT2D eigenvalue weighted by Crippen LogP contribution is 2.25. The van der Waals surface area contributed by atoms with Gasteiger partial charge in [0.25, 0.3) is 5.91 Å². The van der Waals surface area contributed by atoms with Crippen LogP contribution in [0.5, 0.6) is 0 Å². The maximum absolute atomic E-state index is 13.1. The van der Waals surface area contributed by atoms with Gasteiger partial charge in [0.2, 0.25) is 15.6 Å². The van der Waals surface area contributed by atoms with Gasteiger partial charge in [0, 0.05) is 49.7 Å². The molecule has 1 aliphatic rings. The van der Waals surface area contributed by atoms with Gasteiger partial charge >= 0.3 is 0 Å². The van der Waals surface area contributed by atoms with E-state index in [0.717, 1.165) is 25.8 Å². The maximum atomic E-state index is 13.1. The van der Waals surface area contributed by atoms with Gasteiger partial charge in [-0.05, 0) is 43.7 Å². The zero-order valence-corrected chi connectivity index (χ0v) is 20.1. The summed E-state index contributed by atoms with van der Waals surface area (Å²) in [5, 5.41) is 3.27. The summed E-state index contributed by atoms with van der Waals surface area (Å²) in [6.45, 7) is 2.76. The minimum Gasteiger partial charge on any atom is -0.351 e. The first-order valence-corrected chi connectivity index (χ1v) is 13.0. The van der Waals surface area contributed by atoms with Crippen LogP contribution in [0.25, 0.3) is 10.9 Å². The Hall–Kier alpha value is -3.01. The van der Waals surface area contributed by atoms with Crippen LogP contribution in [0, 0.1) is 0 Å². The second kappa shape index (κ2) is 10.5. The fourth-order valence-electron chi connectivity index (χ4n) is 4.27. The van der Waals surface area contributed by atoms with Crippen molar-refractivity contribution in [1.82, 2.24) is 19.5 Å². The number of carbonyl (C=O) groups excluding carboxylic acids is 1. The third-order valence-electron chi connectivity index (χ3n) is 6.09. The Balaban J connectivity index is 1.51. The summed E-state index contributed by atoms with van der Waals surface area (Å²) in [4.78, 5) is 30.0. The Morgan fingerprint density at radius 2 is 1.79 bits per heavy atom. The average molecular weight is 483 g/mol. The molecule has 1 amide bonds. The lowest BCUT2D eigenvalue weighted by molar-refractivity contribution is 0.0951. The van der Waals surface area contributed by atoms with Gasteiger partial charge in [-0.3, -0.25) is 9.59 Å². The van der Waals surface area contributed by atoms with Crippen molar-refractivity contribution in [2.45, 2.75) is 30.7 Å². The molecule has 8 nitrogen and oxygen atoms in total. The molecule has 34 heavy (non-hydrogen) atoms. The summed E-state index contributed by atoms with van der Waals surface area (Å²) in [5.74, 6) is -0.406. The molecule has 2 N–H and O–H groups in total. The number of aromatic amines is 1. The molecule has 0 bridgehead atoms. The number of H-pyrrole nitrogens is 1. The van der Waals surface area contributed by atoms with Gasteiger partial charge in [-0.15, -0.1) is 0 Å². The minimum atomic E-state index is -3.66. The predicted molar refractivity (Wildman–Crippen MR) is 132 cm³/mol. The molecule has 1 aliphatic heterocycles. The van der Waals surface area contributed by atoms with E-state index in [-0.39, 0.29) is 10.5 Å². The van der Waals surface area contributed by atoms with Crippen LogP contribution in [-0.4, -0.2) is 61.7 Å². The number of hydrogen-bond acceptors (Lipinski definition) is 5. The predicted octanol–water partition coefficient (Wildman–Crippen LogP) is 2.56. The van der Waals surface area contributed by atoms with Crippen molar-refractivity contribution in [1.29, 1.82) is 0 Å². The average Bonchev–Trinajstić information content (AvgIpc) is 2.84. The Kier molecular flexibility index (Phi) is 7.45. The molecule has 0 atom stereocenters. The smallest absolute Gasteiger partial charge is 0.252 e. The summed E-state index contributed by atoms with van der Waals surface area (Å²) < 4.78 is 27.7. The zero-order chi connectivity index (χ0) is 24.1. The van der Waals surface area contributed by atoms with Crippen molar-refractivity contribution in [3.05, 3.63) is 76.1 Å². The van der Waals surface area contributed by atoms with E-state index in [4.69, 9.17) is 0 Å². The van der Waals surface area contributed by atoms with E-state index in [1.54, 1.807) is 6.07 Å². The summed E-state index contributed by atoms with van der Waals surface area (Å²) in [6.07, 6.45) is 2.70. The number of aromatic nitrogens is 1. The molecule has 0 aliphatic carbocycles. The highest BCUT2D eigenvalue weighted by atomic mass is 32.2. The Labute approximate surface area is 199 Å². The second-order valence-corrected chi connectivity index (χ2v) is 10.6. The van der Waals surface area contributed by atoms with Gasteiger partial charge in [-0.25, -0.2) is 8.42 Å². The number of amides is 1. The second-order valence-electron chi connectivity index (χ2n) is 8.70. The van der Waals surface area contributed by atoms with Crippen LogP contribution < -0.4 is 10.9 Å². The summed E-state index contributed by atoms with van der Waals surface area (Å²) >= 11 is 0. The van der Waals surface area contributed by atoms with Crippen LogP contribution in [0.1, 0.15) is 35.2 Å². The molecule has 0 spiro atoms. The van der Waals surface area contributed by atoms with Crippen LogP contribution in [0.4, 0.5) is 0 Å². The molecular formula is C25H30N4O4S. The summed E-state index contributed by atoms with van der Waals surface area (Å²) in [5.41, 5.74) is 1.36. The maximum Gasteiger partial charge on any atom is 0.252 e. The summed E-state index contributed by atoms with van der Waals surface area (Å²) in [6, 6.07) is 15.8. The first-order valence-electron chi connectivity index (χ1n) is 11.5. The van der Waals surface area contributed by atoms with Gasteiger partial charge in [0.15, 0.2) is 0 Å². The topological polar surface area (TPSA) is 103 Å². The van der Waals surface area contributed by atoms with Crippen molar-refractivity contribution in [3.8, 4) is 0 Å². The highest BCUT2D eigenvalue weighted by molar-refractivity contribution is 7.89. The van der Waals surface area contributed by atoms with E-state index >= 15 is 0 Å². The van der Waals surface area contributed by atoms with Crippen LogP contribution in [0.2, 0.25) is 0 Å². The van der Waals surface area contributed by atoms with E-state index in [9.17, 15) is 18.0 Å². The number of benzene rings is 2. The van der Waals surface area contributed by atoms with E-state index in [1.165, 1.54) is 28.1 Å². The highest BCUT2D eigenvalue weighted by Gasteiger charge is 2.26. The monoisotopic (exact) mass is 482 g/mol. The number of nitrogens with one attached hydrogen (secondary N) is 2. The van der Waals surface area contributed by atoms with E-state index in [2.05, 4.69) is 15.2 Å².